The molecule has 3 aromatic carbocycles. The first-order valence-corrected chi connectivity index (χ1v) is 18.6. The second-order valence-corrected chi connectivity index (χ2v) is 19.3. The lowest BCUT2D eigenvalue weighted by Crippen LogP contribution is -2.69. The van der Waals surface area contributed by atoms with Gasteiger partial charge in [0.15, 0.2) is 5.75 Å². The van der Waals surface area contributed by atoms with Gasteiger partial charge in [0, 0.05) is 30.0 Å². The highest BCUT2D eigenvalue weighted by molar-refractivity contribution is 7.00. The molecule has 4 fully saturated rings. The van der Waals surface area contributed by atoms with Crippen LogP contribution in [0.25, 0.3) is 0 Å². The Labute approximate surface area is 267 Å². The van der Waals surface area contributed by atoms with Gasteiger partial charge in [-0.3, -0.25) is 9.69 Å². The second-order valence-electron chi connectivity index (χ2n) is 15.0. The quantitative estimate of drug-likeness (QED) is 0.296. The number of piperidine rings is 2. The highest BCUT2D eigenvalue weighted by Crippen LogP contribution is 2.66. The number of carbonyl (C=O) groups is 1. The topological polar surface area (TPSA) is 51.2 Å². The van der Waals surface area contributed by atoms with Crippen molar-refractivity contribution >= 4 is 30.3 Å². The van der Waals surface area contributed by atoms with Crippen LogP contribution >= 0.6 is 0 Å². The van der Waals surface area contributed by atoms with Gasteiger partial charge in [-0.15, -0.1) is 0 Å². The molecule has 6 aliphatic rings. The van der Waals surface area contributed by atoms with E-state index in [1.54, 1.807) is 7.11 Å². The molecule has 6 nitrogen and oxygen atoms in total. The molecular formula is C38H42N2O4Si. The summed E-state index contributed by atoms with van der Waals surface area (Å²) in [4.78, 5) is 19.0. The van der Waals surface area contributed by atoms with Gasteiger partial charge in [-0.05, 0) is 52.3 Å². The van der Waals surface area contributed by atoms with Crippen molar-refractivity contribution in [3.8, 4) is 11.5 Å². The van der Waals surface area contributed by atoms with Crippen molar-refractivity contribution in [2.24, 2.45) is 11.8 Å². The smallest absolute Gasteiger partial charge is 0.320 e. The van der Waals surface area contributed by atoms with Crippen LogP contribution in [-0.2, 0) is 14.9 Å². The van der Waals surface area contributed by atoms with Crippen molar-refractivity contribution in [2.75, 3.05) is 31.7 Å². The molecule has 0 N–H and O–H groups in total. The monoisotopic (exact) mass is 618 g/mol. The van der Waals surface area contributed by atoms with Crippen molar-refractivity contribution in [1.82, 2.24) is 4.90 Å². The molecule has 9 rings (SSSR count). The molecule has 0 aromatic heterocycles. The number of amides is 1. The number of benzene rings is 3. The van der Waals surface area contributed by atoms with Crippen LogP contribution in [0.15, 0.2) is 84.4 Å². The summed E-state index contributed by atoms with van der Waals surface area (Å²) >= 11 is 0. The normalized spacial score (nSPS) is 31.3. The standard InChI is InChI=1S/C38H42N2O4Si/c1-37(2,3)45(25-11-7-5-8-12-25,26-13-9-6-10-14-26)44-31-20-28-29(21-30(31)42-4)40-34(41)22-32-35-27-19-33-38(28,36(35)40)16-17-39(33)23-24(27)15-18-43-32/h5-15,20-21,27,32-33,35-36H,16-19,22-23H2,1-4H3/t27-,32-,33-,35-,36-,38+/m0/s1. The highest BCUT2D eigenvalue weighted by atomic mass is 28.4. The average molecular weight is 619 g/mol. The molecule has 1 saturated carbocycles. The van der Waals surface area contributed by atoms with Gasteiger partial charge in [0.25, 0.3) is 0 Å². The maximum atomic E-state index is 14.1. The lowest BCUT2D eigenvalue weighted by Gasteiger charge is -2.58. The molecule has 0 radical (unpaired) electrons. The summed E-state index contributed by atoms with van der Waals surface area (Å²) in [6, 6.07) is 26.5. The van der Waals surface area contributed by atoms with Crippen LogP contribution in [-0.4, -0.2) is 64.1 Å². The number of carbonyl (C=O) groups excluding carboxylic acids is 1. The summed E-state index contributed by atoms with van der Waals surface area (Å²) in [7, 11) is -1.19. The predicted molar refractivity (Wildman–Crippen MR) is 178 cm³/mol. The summed E-state index contributed by atoms with van der Waals surface area (Å²) < 4.78 is 20.3. The molecule has 7 heteroatoms. The number of rotatable bonds is 5. The van der Waals surface area contributed by atoms with Gasteiger partial charge >= 0.3 is 8.32 Å². The molecule has 232 valence electrons. The minimum absolute atomic E-state index is 0.0217. The number of nitrogens with zero attached hydrogens (tertiary/aromatic N) is 2. The SMILES string of the molecule is COc1cc2c(cc1O[Si](c1ccccc1)(c1ccccc1)C(C)(C)C)[C@@]13CCN4CC5=CCO[C@H]6CC(=O)N2[C@H]1[C@H]6[C@H]5C[C@H]43. The Morgan fingerprint density at radius 3 is 2.36 bits per heavy atom. The van der Waals surface area contributed by atoms with Gasteiger partial charge in [0.2, 0.25) is 5.91 Å². The maximum Gasteiger partial charge on any atom is 0.320 e. The van der Waals surface area contributed by atoms with E-state index in [0.29, 0.717) is 36.7 Å². The Balaban J connectivity index is 1.27. The molecule has 2 bridgehead atoms. The van der Waals surface area contributed by atoms with Gasteiger partial charge in [-0.2, -0.15) is 0 Å². The Kier molecular flexibility index (Phi) is 5.93. The molecule has 5 heterocycles. The number of fused-ring (bicyclic) bond motifs is 2. The Hall–Kier alpha value is -3.39. The van der Waals surface area contributed by atoms with E-state index >= 15 is 0 Å². The van der Waals surface area contributed by atoms with Crippen LogP contribution in [0, 0.1) is 11.8 Å². The van der Waals surface area contributed by atoms with Crippen LogP contribution < -0.4 is 24.4 Å². The van der Waals surface area contributed by atoms with Crippen LogP contribution in [0.2, 0.25) is 5.04 Å². The first kappa shape index (κ1) is 27.9. The zero-order valence-corrected chi connectivity index (χ0v) is 27.7. The predicted octanol–water partition coefficient (Wildman–Crippen LogP) is 5.04. The summed E-state index contributed by atoms with van der Waals surface area (Å²) in [5.41, 5.74) is 3.70. The minimum Gasteiger partial charge on any atom is -0.531 e. The molecule has 6 atom stereocenters. The highest BCUT2D eigenvalue weighted by Gasteiger charge is 2.71. The fourth-order valence-electron chi connectivity index (χ4n) is 10.6. The third-order valence-corrected chi connectivity index (χ3v) is 17.2. The fourth-order valence-corrected chi connectivity index (χ4v) is 15.0. The minimum atomic E-state index is -2.92. The third kappa shape index (κ3) is 3.55. The molecular weight excluding hydrogens is 577 g/mol. The molecule has 1 amide bonds. The van der Waals surface area contributed by atoms with Crippen molar-refractivity contribution in [3.63, 3.8) is 0 Å². The van der Waals surface area contributed by atoms with Crippen molar-refractivity contribution in [2.45, 2.75) is 68.7 Å². The molecule has 3 aromatic rings. The maximum absolute atomic E-state index is 14.1. The van der Waals surface area contributed by atoms with E-state index in [1.807, 2.05) is 0 Å². The number of anilines is 1. The zero-order chi connectivity index (χ0) is 30.7. The lowest BCUT2D eigenvalue weighted by molar-refractivity contribution is -0.132. The first-order valence-electron chi connectivity index (χ1n) is 16.7. The van der Waals surface area contributed by atoms with Crippen LogP contribution in [0.1, 0.15) is 45.6 Å². The van der Waals surface area contributed by atoms with Gasteiger partial charge in [-0.1, -0.05) is 93.1 Å². The average Bonchev–Trinajstić information content (AvgIpc) is 3.51. The summed E-state index contributed by atoms with van der Waals surface area (Å²) in [6.07, 6.45) is 4.95. The van der Waals surface area contributed by atoms with E-state index < -0.39 is 8.32 Å². The largest absolute Gasteiger partial charge is 0.531 e. The van der Waals surface area contributed by atoms with E-state index in [2.05, 4.69) is 109 Å². The number of hydrogen-bond donors (Lipinski definition) is 0. The zero-order valence-electron chi connectivity index (χ0n) is 26.7. The second kappa shape index (κ2) is 9.57. The molecule has 0 unspecified atom stereocenters. The van der Waals surface area contributed by atoms with Gasteiger partial charge < -0.3 is 18.8 Å². The van der Waals surface area contributed by atoms with Crippen LogP contribution in [0.5, 0.6) is 11.5 Å². The molecule has 1 aliphatic carbocycles. The third-order valence-electron chi connectivity index (χ3n) is 12.3. The lowest BCUT2D eigenvalue weighted by atomic mass is 9.53. The van der Waals surface area contributed by atoms with Crippen LogP contribution in [0.3, 0.4) is 0 Å². The van der Waals surface area contributed by atoms with Crippen molar-refractivity contribution in [3.05, 3.63) is 90.0 Å². The van der Waals surface area contributed by atoms with Crippen molar-refractivity contribution < 1.29 is 18.7 Å². The molecule has 3 saturated heterocycles. The van der Waals surface area contributed by atoms with E-state index in [4.69, 9.17) is 13.9 Å². The molecule has 5 aliphatic heterocycles. The Morgan fingerprint density at radius 1 is 0.978 bits per heavy atom. The first-order chi connectivity index (χ1) is 21.8. The molecule has 45 heavy (non-hydrogen) atoms. The van der Waals surface area contributed by atoms with E-state index in [-0.39, 0.29) is 28.5 Å². The number of ether oxygens (including phenoxy) is 2. The summed E-state index contributed by atoms with van der Waals surface area (Å²) in [5, 5.41) is 2.27. The van der Waals surface area contributed by atoms with Gasteiger partial charge in [0.05, 0.1) is 38.0 Å². The molecule has 1 spiro atoms. The van der Waals surface area contributed by atoms with Gasteiger partial charge in [-0.25, -0.2) is 0 Å². The van der Waals surface area contributed by atoms with E-state index in [1.165, 1.54) is 21.5 Å². The fraction of sp³-hybridized carbons (Fsp3) is 0.447. The van der Waals surface area contributed by atoms with Crippen LogP contribution in [0.4, 0.5) is 5.69 Å². The Bertz CT molecular complexity index is 1680. The van der Waals surface area contributed by atoms with Crippen molar-refractivity contribution in [1.29, 1.82) is 0 Å². The van der Waals surface area contributed by atoms with E-state index in [0.717, 1.165) is 37.4 Å². The number of hydrogen-bond acceptors (Lipinski definition) is 5. The summed E-state index contributed by atoms with van der Waals surface area (Å²) in [6.45, 7) is 9.64. The number of methoxy groups -OCH3 is 1. The summed E-state index contributed by atoms with van der Waals surface area (Å²) in [5.74, 6) is 2.46. The van der Waals surface area contributed by atoms with E-state index in [9.17, 15) is 4.79 Å². The van der Waals surface area contributed by atoms with Gasteiger partial charge in [0.1, 0.15) is 5.75 Å². The Morgan fingerprint density at radius 2 is 1.69 bits per heavy atom.